The average molecular weight is 633 g/mol. The van der Waals surface area contributed by atoms with Gasteiger partial charge in [0.05, 0.1) is 26.4 Å². The molecule has 10 heteroatoms. The predicted molar refractivity (Wildman–Crippen MR) is 162 cm³/mol. The monoisotopic (exact) mass is 632 g/mol. The lowest BCUT2D eigenvalue weighted by Gasteiger charge is -2.50. The van der Waals surface area contributed by atoms with Gasteiger partial charge in [0.2, 0.25) is 0 Å². The van der Waals surface area contributed by atoms with Crippen LogP contribution in [-0.2, 0) is 60.6 Å². The van der Waals surface area contributed by atoms with Crippen molar-refractivity contribution in [3.8, 4) is 0 Å². The summed E-state index contributed by atoms with van der Waals surface area (Å²) in [5.41, 5.74) is 2.97. The van der Waals surface area contributed by atoms with E-state index in [1.165, 1.54) is 0 Å². The topological polar surface area (TPSA) is 92.3 Å². The lowest BCUT2D eigenvalue weighted by Crippen LogP contribution is -2.65. The molecule has 0 amide bonds. The van der Waals surface area contributed by atoms with Crippen molar-refractivity contribution in [1.29, 1.82) is 0 Å². The molecule has 0 radical (unpaired) electrons. The highest BCUT2D eigenvalue weighted by Crippen LogP contribution is 2.44. The van der Waals surface area contributed by atoms with Gasteiger partial charge in [-0.2, -0.15) is 0 Å². The smallest absolute Gasteiger partial charge is 0.187 e. The molecule has 5 saturated heterocycles. The molecule has 2 bridgehead atoms. The molecule has 3 aromatic rings. The molecule has 5 fully saturated rings. The van der Waals surface area contributed by atoms with Crippen LogP contribution in [0.3, 0.4) is 0 Å². The fourth-order valence-electron chi connectivity index (χ4n) is 6.93. The van der Waals surface area contributed by atoms with E-state index >= 15 is 0 Å². The van der Waals surface area contributed by atoms with Crippen molar-refractivity contribution in [2.24, 2.45) is 0 Å². The molecule has 46 heavy (non-hydrogen) atoms. The first-order valence-electron chi connectivity index (χ1n) is 16.1. The summed E-state index contributed by atoms with van der Waals surface area (Å²) in [6, 6.07) is 30.0. The third kappa shape index (κ3) is 6.27. The third-order valence-corrected chi connectivity index (χ3v) is 9.07. The summed E-state index contributed by atoms with van der Waals surface area (Å²) in [5, 5.41) is 0. The average Bonchev–Trinajstić information content (AvgIpc) is 3.68. The van der Waals surface area contributed by atoms with Crippen molar-refractivity contribution in [1.82, 2.24) is 0 Å². The summed E-state index contributed by atoms with van der Waals surface area (Å²) in [5.74, 6) is -0.811. The molecule has 0 aromatic heterocycles. The molecule has 0 unspecified atom stereocenters. The Kier molecular flexibility index (Phi) is 8.67. The highest BCUT2D eigenvalue weighted by atomic mass is 16.8. The minimum atomic E-state index is -0.857. The van der Waals surface area contributed by atoms with Gasteiger partial charge in [0.15, 0.2) is 24.7 Å². The Balaban J connectivity index is 1.11. The summed E-state index contributed by atoms with van der Waals surface area (Å²) >= 11 is 0. The molecule has 0 saturated carbocycles. The third-order valence-electron chi connectivity index (χ3n) is 9.07. The fraction of sp³-hybridized carbons (Fsp3) is 0.500. The van der Waals surface area contributed by atoms with Crippen LogP contribution in [0.4, 0.5) is 0 Å². The second kappa shape index (κ2) is 13.0. The van der Waals surface area contributed by atoms with Gasteiger partial charge in [0, 0.05) is 5.56 Å². The first kappa shape index (κ1) is 30.6. The molecule has 0 aliphatic carbocycles. The Morgan fingerprint density at radius 2 is 1.22 bits per heavy atom. The minimum Gasteiger partial charge on any atom is -0.368 e. The zero-order chi connectivity index (χ0) is 31.1. The predicted octanol–water partition coefficient (Wildman–Crippen LogP) is 4.66. The normalized spacial score (nSPS) is 37.8. The van der Waals surface area contributed by atoms with Gasteiger partial charge in [-0.15, -0.1) is 0 Å². The van der Waals surface area contributed by atoms with Crippen LogP contribution in [0.2, 0.25) is 0 Å². The fourth-order valence-corrected chi connectivity index (χ4v) is 6.93. The van der Waals surface area contributed by atoms with Gasteiger partial charge < -0.3 is 47.4 Å². The SMILES string of the molecule is CC1(C)O[C@@H]2[C@H](O1)[C@@H]1OC[C@@H](O1)[C@H]2O[C@H]1O[C@@H]2CO[C@@H](c3ccccc3)O[C@H]2[C@H](OCc2ccccc2)[C@@H]1OCc1ccccc1. The van der Waals surface area contributed by atoms with Crippen molar-refractivity contribution in [2.45, 2.75) is 101 Å². The van der Waals surface area contributed by atoms with Crippen molar-refractivity contribution >= 4 is 0 Å². The maximum Gasteiger partial charge on any atom is 0.187 e. The van der Waals surface area contributed by atoms with E-state index < -0.39 is 67.4 Å². The van der Waals surface area contributed by atoms with Gasteiger partial charge in [-0.05, 0) is 25.0 Å². The Hall–Kier alpha value is -2.74. The summed E-state index contributed by atoms with van der Waals surface area (Å²) in [6.07, 6.45) is -5.89. The van der Waals surface area contributed by atoms with E-state index in [0.29, 0.717) is 19.8 Å². The number of fused-ring (bicyclic) bond motifs is 5. The number of rotatable bonds is 9. The van der Waals surface area contributed by atoms with E-state index in [9.17, 15) is 0 Å². The van der Waals surface area contributed by atoms with E-state index in [0.717, 1.165) is 16.7 Å². The van der Waals surface area contributed by atoms with Crippen molar-refractivity contribution in [2.75, 3.05) is 13.2 Å². The van der Waals surface area contributed by atoms with Gasteiger partial charge in [-0.25, -0.2) is 0 Å². The van der Waals surface area contributed by atoms with E-state index in [-0.39, 0.29) is 12.7 Å². The molecule has 10 nitrogen and oxygen atoms in total. The molecule has 11 atom stereocenters. The highest BCUT2D eigenvalue weighted by molar-refractivity contribution is 5.18. The molecule has 5 heterocycles. The quantitative estimate of drug-likeness (QED) is 0.332. The van der Waals surface area contributed by atoms with Crippen LogP contribution in [0, 0.1) is 0 Å². The Morgan fingerprint density at radius 3 is 1.91 bits per heavy atom. The van der Waals surface area contributed by atoms with Gasteiger partial charge in [0.25, 0.3) is 0 Å². The highest BCUT2D eigenvalue weighted by Gasteiger charge is 2.61. The first-order valence-corrected chi connectivity index (χ1v) is 16.1. The number of hydrogen-bond acceptors (Lipinski definition) is 10. The largest absolute Gasteiger partial charge is 0.368 e. The Labute approximate surface area is 268 Å². The van der Waals surface area contributed by atoms with Crippen LogP contribution in [0.5, 0.6) is 0 Å². The molecule has 8 rings (SSSR count). The summed E-state index contributed by atoms with van der Waals surface area (Å²) in [4.78, 5) is 0. The maximum absolute atomic E-state index is 6.87. The number of hydrogen-bond donors (Lipinski definition) is 0. The lowest BCUT2D eigenvalue weighted by atomic mass is 9.96. The zero-order valence-electron chi connectivity index (χ0n) is 25.9. The van der Waals surface area contributed by atoms with Crippen molar-refractivity contribution in [3.63, 3.8) is 0 Å². The molecule has 244 valence electrons. The summed E-state index contributed by atoms with van der Waals surface area (Å²) in [7, 11) is 0. The van der Waals surface area contributed by atoms with Gasteiger partial charge in [0.1, 0.15) is 48.8 Å². The molecular formula is C36H40O10. The zero-order valence-corrected chi connectivity index (χ0v) is 25.9. The summed E-state index contributed by atoms with van der Waals surface area (Å²) < 4.78 is 64.6. The van der Waals surface area contributed by atoms with Crippen LogP contribution < -0.4 is 0 Å². The second-order valence-corrected chi connectivity index (χ2v) is 12.8. The van der Waals surface area contributed by atoms with Crippen LogP contribution in [0.15, 0.2) is 91.0 Å². The van der Waals surface area contributed by atoms with Crippen LogP contribution in [-0.4, -0.2) is 80.4 Å². The van der Waals surface area contributed by atoms with Crippen LogP contribution in [0.25, 0.3) is 0 Å². The van der Waals surface area contributed by atoms with Crippen molar-refractivity contribution < 1.29 is 47.4 Å². The molecule has 0 spiro atoms. The van der Waals surface area contributed by atoms with Gasteiger partial charge >= 0.3 is 0 Å². The molecular weight excluding hydrogens is 592 g/mol. The second-order valence-electron chi connectivity index (χ2n) is 12.8. The lowest BCUT2D eigenvalue weighted by molar-refractivity contribution is -0.384. The van der Waals surface area contributed by atoms with Crippen molar-refractivity contribution in [3.05, 3.63) is 108 Å². The molecule has 5 aliphatic heterocycles. The summed E-state index contributed by atoms with van der Waals surface area (Å²) in [6.45, 7) is 5.10. The van der Waals surface area contributed by atoms with Gasteiger partial charge in [-0.3, -0.25) is 0 Å². The first-order chi connectivity index (χ1) is 22.5. The Bertz CT molecular complexity index is 1420. The van der Waals surface area contributed by atoms with E-state index in [4.69, 9.17) is 47.4 Å². The van der Waals surface area contributed by atoms with E-state index in [1.807, 2.05) is 105 Å². The Morgan fingerprint density at radius 1 is 0.609 bits per heavy atom. The van der Waals surface area contributed by atoms with E-state index in [1.54, 1.807) is 0 Å². The maximum atomic E-state index is 6.87. The molecule has 5 aliphatic rings. The van der Waals surface area contributed by atoms with Gasteiger partial charge in [-0.1, -0.05) is 91.0 Å². The molecule has 3 aromatic carbocycles. The standard InChI is InChI=1S/C36H40O10/c1-36(2)45-30-28(26-21-40-34(41-26)32(30)46-36)44-35-31(38-19-23-14-8-4-9-15-23)29(37-18-22-12-6-3-7-13-22)27-25(42-35)20-39-33(43-27)24-16-10-5-11-17-24/h3-17,25-35H,18-21H2,1-2H3/t25-,26-,27-,28-,29+,30+,31+,32+,33-,34-,35-/m1/s1. The number of benzene rings is 3. The number of ether oxygens (including phenoxy) is 10. The van der Waals surface area contributed by atoms with Crippen LogP contribution >= 0.6 is 0 Å². The van der Waals surface area contributed by atoms with E-state index in [2.05, 4.69) is 0 Å². The van der Waals surface area contributed by atoms with Crippen LogP contribution in [0.1, 0.15) is 36.8 Å². The minimum absolute atomic E-state index is 0.287. The molecule has 0 N–H and O–H groups in total.